The number of rotatable bonds is 4. The lowest BCUT2D eigenvalue weighted by Crippen LogP contribution is -2.63. The Morgan fingerprint density at radius 3 is 2.56 bits per heavy atom. The highest BCUT2D eigenvalue weighted by molar-refractivity contribution is 7.93. The lowest BCUT2D eigenvalue weighted by molar-refractivity contribution is -0.326. The first-order chi connectivity index (χ1) is 11.5. The fourth-order valence-electron chi connectivity index (χ4n) is 3.30. The van der Waals surface area contributed by atoms with Crippen LogP contribution in [0.1, 0.15) is 32.3 Å². The van der Waals surface area contributed by atoms with Crippen molar-refractivity contribution >= 4 is 15.8 Å². The van der Waals surface area contributed by atoms with Gasteiger partial charge in [-0.1, -0.05) is 26.3 Å². The van der Waals surface area contributed by atoms with Gasteiger partial charge in [0.15, 0.2) is 0 Å². The molecule has 5 nitrogen and oxygen atoms in total. The van der Waals surface area contributed by atoms with Gasteiger partial charge in [-0.15, -0.1) is 0 Å². The van der Waals surface area contributed by atoms with E-state index >= 15 is 0 Å². The normalized spacial score (nSPS) is 27.9. The number of benzene rings is 1. The fourth-order valence-corrected chi connectivity index (χ4v) is 5.33. The molecule has 1 aromatic carbocycles. The zero-order valence-electron chi connectivity index (χ0n) is 13.7. The van der Waals surface area contributed by atoms with Gasteiger partial charge in [0.1, 0.15) is 0 Å². The molecular formula is C16H18F3O5S-. The minimum atomic E-state index is -4.78. The van der Waals surface area contributed by atoms with Crippen LogP contribution in [0.2, 0.25) is 0 Å². The molecule has 1 saturated heterocycles. The van der Waals surface area contributed by atoms with Gasteiger partial charge in [0.05, 0.1) is 16.4 Å². The van der Waals surface area contributed by atoms with Crippen molar-refractivity contribution in [2.24, 2.45) is 11.8 Å². The monoisotopic (exact) mass is 379 g/mol. The number of carboxylic acid groups (broad SMARTS) is 1. The molecule has 0 bridgehead atoms. The van der Waals surface area contributed by atoms with Crippen LogP contribution in [-0.4, -0.2) is 25.9 Å². The molecule has 9 heteroatoms. The summed E-state index contributed by atoms with van der Waals surface area (Å²) in [6.07, 6.45) is -3.78. The minimum Gasteiger partial charge on any atom is -0.546 e. The van der Waals surface area contributed by atoms with Gasteiger partial charge < -0.3 is 14.6 Å². The molecule has 1 fully saturated rings. The van der Waals surface area contributed by atoms with Crippen molar-refractivity contribution < 1.29 is 36.2 Å². The number of hydrogen-bond acceptors (Lipinski definition) is 5. The van der Waals surface area contributed by atoms with E-state index in [4.69, 9.17) is 4.74 Å². The second-order valence-electron chi connectivity index (χ2n) is 6.08. The van der Waals surface area contributed by atoms with Crippen molar-refractivity contribution in [3.05, 3.63) is 29.8 Å². The van der Waals surface area contributed by atoms with E-state index < -0.39 is 43.3 Å². The number of carbonyl (C=O) groups is 1. The number of ether oxygens (including phenoxy) is 1. The average Bonchev–Trinajstić information content (AvgIpc) is 2.54. The molecule has 0 aliphatic carbocycles. The minimum absolute atomic E-state index is 0.130. The van der Waals surface area contributed by atoms with Gasteiger partial charge in [-0.25, -0.2) is 8.42 Å². The van der Waals surface area contributed by atoms with Gasteiger partial charge in [-0.3, -0.25) is 0 Å². The maximum Gasteiger partial charge on any atom is 0.416 e. The first-order valence-electron chi connectivity index (χ1n) is 7.75. The molecule has 140 valence electrons. The molecular weight excluding hydrogens is 361 g/mol. The Morgan fingerprint density at radius 2 is 2.04 bits per heavy atom. The van der Waals surface area contributed by atoms with Crippen LogP contribution >= 0.6 is 0 Å². The second-order valence-corrected chi connectivity index (χ2v) is 8.16. The van der Waals surface area contributed by atoms with Crippen LogP contribution < -0.4 is 5.11 Å². The quantitative estimate of drug-likeness (QED) is 0.799. The first kappa shape index (κ1) is 19.7. The van der Waals surface area contributed by atoms with Crippen molar-refractivity contribution in [2.75, 3.05) is 6.61 Å². The van der Waals surface area contributed by atoms with Gasteiger partial charge in [-0.2, -0.15) is 13.2 Å². The van der Waals surface area contributed by atoms with Crippen molar-refractivity contribution in [1.29, 1.82) is 0 Å². The molecule has 0 aromatic heterocycles. The third-order valence-corrected chi connectivity index (χ3v) is 7.12. The number of sulfone groups is 1. The van der Waals surface area contributed by atoms with E-state index in [0.717, 1.165) is 12.1 Å². The summed E-state index contributed by atoms with van der Waals surface area (Å²) in [6.45, 7) is 3.06. The largest absolute Gasteiger partial charge is 0.546 e. The van der Waals surface area contributed by atoms with Gasteiger partial charge in [0, 0.05) is 12.5 Å². The SMILES string of the molecule is CCC1CCOC(C(=O)[O-])(S(=O)(=O)c2cccc(C(F)(F)F)c2)C1C. The van der Waals surface area contributed by atoms with E-state index in [1.54, 1.807) is 6.92 Å². The predicted octanol–water partition coefficient (Wildman–Crippen LogP) is 2.01. The van der Waals surface area contributed by atoms with Crippen LogP contribution in [0, 0.1) is 11.8 Å². The Kier molecular flexibility index (Phi) is 5.21. The summed E-state index contributed by atoms with van der Waals surface area (Å²) in [7, 11) is -4.78. The van der Waals surface area contributed by atoms with E-state index in [2.05, 4.69) is 0 Å². The molecule has 3 unspecified atom stereocenters. The molecule has 2 rings (SSSR count). The smallest absolute Gasteiger partial charge is 0.416 e. The number of halogens is 3. The molecule has 1 heterocycles. The fraction of sp³-hybridized carbons (Fsp3) is 0.562. The highest BCUT2D eigenvalue weighted by Crippen LogP contribution is 2.43. The highest BCUT2D eigenvalue weighted by Gasteiger charge is 2.56. The van der Waals surface area contributed by atoms with Gasteiger partial charge in [0.2, 0.25) is 14.8 Å². The van der Waals surface area contributed by atoms with Crippen LogP contribution in [0.5, 0.6) is 0 Å². The molecule has 0 amide bonds. The van der Waals surface area contributed by atoms with E-state index in [1.807, 2.05) is 0 Å². The lowest BCUT2D eigenvalue weighted by atomic mass is 9.82. The third kappa shape index (κ3) is 3.15. The summed E-state index contributed by atoms with van der Waals surface area (Å²) in [6, 6.07) is 2.99. The van der Waals surface area contributed by atoms with Gasteiger partial charge in [0.25, 0.3) is 0 Å². The molecule has 1 aliphatic heterocycles. The summed E-state index contributed by atoms with van der Waals surface area (Å²) in [5.74, 6) is -3.21. The van der Waals surface area contributed by atoms with Crippen LogP contribution in [0.3, 0.4) is 0 Å². The summed E-state index contributed by atoms with van der Waals surface area (Å²) >= 11 is 0. The number of alkyl halides is 3. The Labute approximate surface area is 143 Å². The molecule has 25 heavy (non-hydrogen) atoms. The third-order valence-electron chi connectivity index (χ3n) is 4.79. The van der Waals surface area contributed by atoms with Crippen molar-refractivity contribution in [3.8, 4) is 0 Å². The number of hydrogen-bond donors (Lipinski definition) is 0. The van der Waals surface area contributed by atoms with Gasteiger partial charge in [-0.05, 0) is 30.5 Å². The highest BCUT2D eigenvalue weighted by atomic mass is 32.2. The lowest BCUT2D eigenvalue weighted by Gasteiger charge is -2.45. The summed E-state index contributed by atoms with van der Waals surface area (Å²) in [5, 5.41) is 11.8. The van der Waals surface area contributed by atoms with Crippen LogP contribution in [0.4, 0.5) is 13.2 Å². The van der Waals surface area contributed by atoms with Gasteiger partial charge >= 0.3 is 6.18 Å². The first-order valence-corrected chi connectivity index (χ1v) is 9.24. The maximum absolute atomic E-state index is 13.0. The van der Waals surface area contributed by atoms with E-state index in [-0.39, 0.29) is 12.5 Å². The molecule has 1 aromatic rings. The summed E-state index contributed by atoms with van der Waals surface area (Å²) in [4.78, 5) is 8.35. The number of carbonyl (C=O) groups excluding carboxylic acids is 1. The average molecular weight is 379 g/mol. The standard InChI is InChI=1S/C16H19F3O5S/c1-3-11-7-8-24-15(10(11)2,14(20)21)25(22,23)13-6-4-5-12(9-13)16(17,18)19/h4-6,9-11H,3,7-8H2,1-2H3,(H,20,21)/p-1. The summed E-state index contributed by atoms with van der Waals surface area (Å²) < 4.78 is 69.8. The molecule has 0 saturated carbocycles. The Hall–Kier alpha value is -1.61. The van der Waals surface area contributed by atoms with E-state index in [1.165, 1.54) is 6.92 Å². The van der Waals surface area contributed by atoms with E-state index in [0.29, 0.717) is 25.0 Å². The van der Waals surface area contributed by atoms with Crippen LogP contribution in [0.25, 0.3) is 0 Å². The maximum atomic E-state index is 13.0. The molecule has 3 atom stereocenters. The van der Waals surface area contributed by atoms with Crippen LogP contribution in [0.15, 0.2) is 29.2 Å². The number of aliphatic carboxylic acids is 1. The van der Waals surface area contributed by atoms with Crippen molar-refractivity contribution in [3.63, 3.8) is 0 Å². The molecule has 0 radical (unpaired) electrons. The number of carboxylic acids is 1. The van der Waals surface area contributed by atoms with Crippen molar-refractivity contribution in [2.45, 2.75) is 42.7 Å². The molecule has 0 spiro atoms. The molecule has 1 aliphatic rings. The van der Waals surface area contributed by atoms with Crippen LogP contribution in [-0.2, 0) is 25.5 Å². The second kappa shape index (κ2) is 6.60. The molecule has 0 N–H and O–H groups in total. The Morgan fingerprint density at radius 1 is 1.40 bits per heavy atom. The Balaban J connectivity index is 2.64. The van der Waals surface area contributed by atoms with E-state index in [9.17, 15) is 31.5 Å². The topological polar surface area (TPSA) is 83.5 Å². The zero-order chi connectivity index (χ0) is 19.0. The summed E-state index contributed by atoms with van der Waals surface area (Å²) in [5.41, 5.74) is -1.18. The zero-order valence-corrected chi connectivity index (χ0v) is 14.5. The Bertz CT molecular complexity index is 759. The predicted molar refractivity (Wildman–Crippen MR) is 79.9 cm³/mol. The van der Waals surface area contributed by atoms with Crippen molar-refractivity contribution in [1.82, 2.24) is 0 Å².